The molecule has 3 rings (SSSR count). The molecule has 0 atom stereocenters. The molecule has 0 unspecified atom stereocenters. The normalized spacial score (nSPS) is 15.8. The molecule has 10 heteroatoms. The first-order valence-corrected chi connectivity index (χ1v) is 10.3. The Morgan fingerprint density at radius 3 is 2.29 bits per heavy atom. The molecule has 0 saturated carbocycles. The molecule has 28 heavy (non-hydrogen) atoms. The number of halogens is 2. The molecular weight excluding hydrogens is 390 g/mol. The fraction of sp³-hybridized carbons (Fsp3) is 0.444. The summed E-state index contributed by atoms with van der Waals surface area (Å²) in [6.07, 6.45) is 0.210. The SMILES string of the molecule is Cc1nn(C)c(C)c1CC(=O)N1CCN(S(=O)(=O)c2ccc(F)c(F)c2)CC1. The van der Waals surface area contributed by atoms with Crippen LogP contribution in [0.2, 0.25) is 0 Å². The van der Waals surface area contributed by atoms with E-state index in [2.05, 4.69) is 5.10 Å². The topological polar surface area (TPSA) is 75.5 Å². The average Bonchev–Trinajstić information content (AvgIpc) is 2.90. The maximum atomic E-state index is 13.4. The zero-order valence-corrected chi connectivity index (χ0v) is 16.8. The van der Waals surface area contributed by atoms with Crippen LogP contribution < -0.4 is 0 Å². The molecule has 0 aliphatic carbocycles. The molecule has 1 aliphatic rings. The number of rotatable bonds is 4. The summed E-state index contributed by atoms with van der Waals surface area (Å²) < 4.78 is 54.7. The Hall–Kier alpha value is -2.33. The summed E-state index contributed by atoms with van der Waals surface area (Å²) in [7, 11) is -2.13. The van der Waals surface area contributed by atoms with Gasteiger partial charge in [0.15, 0.2) is 11.6 Å². The van der Waals surface area contributed by atoms with Crippen LogP contribution >= 0.6 is 0 Å². The third-order valence-corrected chi connectivity index (χ3v) is 7.00. The van der Waals surface area contributed by atoms with Crippen LogP contribution in [0.25, 0.3) is 0 Å². The summed E-state index contributed by atoms with van der Waals surface area (Å²) in [5.41, 5.74) is 2.60. The first-order valence-electron chi connectivity index (χ1n) is 8.83. The number of benzene rings is 1. The van der Waals surface area contributed by atoms with Crippen molar-refractivity contribution in [2.45, 2.75) is 25.2 Å². The highest BCUT2D eigenvalue weighted by Crippen LogP contribution is 2.21. The summed E-state index contributed by atoms with van der Waals surface area (Å²) in [5, 5.41) is 4.30. The van der Waals surface area contributed by atoms with Crippen molar-refractivity contribution in [1.82, 2.24) is 19.0 Å². The second-order valence-electron chi connectivity index (χ2n) is 6.81. The van der Waals surface area contributed by atoms with Crippen LogP contribution in [0, 0.1) is 25.5 Å². The molecule has 1 fully saturated rings. The summed E-state index contributed by atoms with van der Waals surface area (Å²) >= 11 is 0. The molecule has 0 bridgehead atoms. The fourth-order valence-electron chi connectivity index (χ4n) is 3.30. The predicted molar refractivity (Wildman–Crippen MR) is 98.1 cm³/mol. The number of aryl methyl sites for hydroxylation is 2. The lowest BCUT2D eigenvalue weighted by Gasteiger charge is -2.34. The van der Waals surface area contributed by atoms with Crippen LogP contribution in [-0.2, 0) is 28.3 Å². The van der Waals surface area contributed by atoms with Gasteiger partial charge in [-0.3, -0.25) is 9.48 Å². The van der Waals surface area contributed by atoms with Crippen molar-refractivity contribution in [3.63, 3.8) is 0 Å². The summed E-state index contributed by atoms with van der Waals surface area (Å²) in [6.45, 7) is 4.41. The minimum absolute atomic E-state index is 0.0934. The van der Waals surface area contributed by atoms with E-state index in [0.29, 0.717) is 6.07 Å². The molecule has 0 radical (unpaired) electrons. The van der Waals surface area contributed by atoms with Crippen molar-refractivity contribution in [2.75, 3.05) is 26.2 Å². The Bertz CT molecular complexity index is 1010. The minimum Gasteiger partial charge on any atom is -0.340 e. The molecule has 0 spiro atoms. The van der Waals surface area contributed by atoms with Crippen LogP contribution in [0.5, 0.6) is 0 Å². The lowest BCUT2D eigenvalue weighted by Crippen LogP contribution is -2.50. The van der Waals surface area contributed by atoms with Gasteiger partial charge in [-0.25, -0.2) is 17.2 Å². The van der Waals surface area contributed by atoms with Gasteiger partial charge in [0.05, 0.1) is 17.0 Å². The summed E-state index contributed by atoms with van der Waals surface area (Å²) in [4.78, 5) is 13.9. The molecule has 7 nitrogen and oxygen atoms in total. The zero-order valence-electron chi connectivity index (χ0n) is 15.9. The van der Waals surface area contributed by atoms with Crippen molar-refractivity contribution in [1.29, 1.82) is 0 Å². The number of hydrogen-bond donors (Lipinski definition) is 0. The van der Waals surface area contributed by atoms with E-state index >= 15 is 0 Å². The quantitative estimate of drug-likeness (QED) is 0.761. The van der Waals surface area contributed by atoms with Gasteiger partial charge in [-0.2, -0.15) is 9.40 Å². The van der Waals surface area contributed by atoms with Crippen LogP contribution in [0.3, 0.4) is 0 Å². The van der Waals surface area contributed by atoms with E-state index in [1.54, 1.807) is 9.58 Å². The molecule has 0 N–H and O–H groups in total. The number of carbonyl (C=O) groups excluding carboxylic acids is 1. The van der Waals surface area contributed by atoms with Crippen molar-refractivity contribution in [2.24, 2.45) is 7.05 Å². The van der Waals surface area contributed by atoms with Crippen molar-refractivity contribution in [3.05, 3.63) is 46.8 Å². The zero-order chi connectivity index (χ0) is 20.6. The molecule has 1 saturated heterocycles. The number of piperazine rings is 1. The molecule has 1 aliphatic heterocycles. The van der Waals surface area contributed by atoms with Gasteiger partial charge in [0.1, 0.15) is 0 Å². The maximum absolute atomic E-state index is 13.4. The Morgan fingerprint density at radius 1 is 1.11 bits per heavy atom. The number of hydrogen-bond acceptors (Lipinski definition) is 4. The van der Waals surface area contributed by atoms with Crippen LogP contribution in [0.4, 0.5) is 8.78 Å². The fourth-order valence-corrected chi connectivity index (χ4v) is 4.74. The minimum atomic E-state index is -3.94. The second kappa shape index (κ2) is 7.59. The van der Waals surface area contributed by atoms with E-state index in [4.69, 9.17) is 0 Å². The first kappa shape index (κ1) is 20.4. The Labute approximate surface area is 162 Å². The molecule has 2 heterocycles. The molecular formula is C18H22F2N4O3S. The monoisotopic (exact) mass is 412 g/mol. The third kappa shape index (κ3) is 3.79. The van der Waals surface area contributed by atoms with E-state index in [1.165, 1.54) is 4.31 Å². The van der Waals surface area contributed by atoms with E-state index in [1.807, 2.05) is 20.9 Å². The highest BCUT2D eigenvalue weighted by atomic mass is 32.2. The van der Waals surface area contributed by atoms with Gasteiger partial charge in [0.2, 0.25) is 15.9 Å². The Kier molecular flexibility index (Phi) is 5.53. The van der Waals surface area contributed by atoms with E-state index < -0.39 is 21.7 Å². The molecule has 152 valence electrons. The molecule has 1 aromatic carbocycles. The van der Waals surface area contributed by atoms with Gasteiger partial charge < -0.3 is 4.90 Å². The Morgan fingerprint density at radius 2 is 1.75 bits per heavy atom. The number of nitrogens with zero attached hydrogens (tertiary/aromatic N) is 4. The highest BCUT2D eigenvalue weighted by Gasteiger charge is 2.31. The molecule has 2 aromatic rings. The number of carbonyl (C=O) groups is 1. The van der Waals surface area contributed by atoms with Crippen LogP contribution in [-0.4, -0.2) is 59.5 Å². The van der Waals surface area contributed by atoms with Crippen LogP contribution in [0.1, 0.15) is 17.0 Å². The van der Waals surface area contributed by atoms with Crippen LogP contribution in [0.15, 0.2) is 23.1 Å². The first-order chi connectivity index (χ1) is 13.1. The largest absolute Gasteiger partial charge is 0.340 e. The lowest BCUT2D eigenvalue weighted by molar-refractivity contribution is -0.131. The number of aromatic nitrogens is 2. The maximum Gasteiger partial charge on any atom is 0.243 e. The van der Waals surface area contributed by atoms with E-state index in [0.717, 1.165) is 29.1 Å². The van der Waals surface area contributed by atoms with Gasteiger partial charge >= 0.3 is 0 Å². The van der Waals surface area contributed by atoms with Crippen molar-refractivity contribution < 1.29 is 22.0 Å². The summed E-state index contributed by atoms with van der Waals surface area (Å²) in [5.74, 6) is -2.41. The average molecular weight is 412 g/mol. The van der Waals surface area contributed by atoms with Gasteiger partial charge in [0, 0.05) is 44.5 Å². The van der Waals surface area contributed by atoms with Crippen molar-refractivity contribution in [3.8, 4) is 0 Å². The third-order valence-electron chi connectivity index (χ3n) is 5.11. The lowest BCUT2D eigenvalue weighted by atomic mass is 10.1. The predicted octanol–water partition coefficient (Wildman–Crippen LogP) is 1.39. The van der Waals surface area contributed by atoms with E-state index in [-0.39, 0.29) is 43.4 Å². The van der Waals surface area contributed by atoms with Gasteiger partial charge in [-0.15, -0.1) is 0 Å². The Balaban J connectivity index is 1.66. The number of sulfonamides is 1. The second-order valence-corrected chi connectivity index (χ2v) is 8.75. The van der Waals surface area contributed by atoms with Gasteiger partial charge in [-0.05, 0) is 32.0 Å². The molecule has 1 amide bonds. The van der Waals surface area contributed by atoms with Gasteiger partial charge in [-0.1, -0.05) is 0 Å². The standard InChI is InChI=1S/C18H22F2N4O3S/c1-12-15(13(2)22(3)21-12)11-18(25)23-6-8-24(9-7-23)28(26,27)14-4-5-16(19)17(20)10-14/h4-5,10H,6-9,11H2,1-3H3. The number of amides is 1. The molecule has 1 aromatic heterocycles. The smallest absolute Gasteiger partial charge is 0.243 e. The highest BCUT2D eigenvalue weighted by molar-refractivity contribution is 7.89. The summed E-state index contributed by atoms with van der Waals surface area (Å²) in [6, 6.07) is 2.51. The van der Waals surface area contributed by atoms with Gasteiger partial charge in [0.25, 0.3) is 0 Å². The van der Waals surface area contributed by atoms with E-state index in [9.17, 15) is 22.0 Å². The van der Waals surface area contributed by atoms with Crippen molar-refractivity contribution >= 4 is 15.9 Å².